The number of aromatic nitrogens is 1. The number of hydrogen-bond donors (Lipinski definition) is 2. The van der Waals surface area contributed by atoms with Crippen LogP contribution in [0.3, 0.4) is 0 Å². The summed E-state index contributed by atoms with van der Waals surface area (Å²) in [6.07, 6.45) is 4.28. The first-order chi connectivity index (χ1) is 7.88. The second-order valence-corrected chi connectivity index (χ2v) is 6.02. The summed E-state index contributed by atoms with van der Waals surface area (Å²) in [4.78, 5) is 15.4. The van der Waals surface area contributed by atoms with Crippen molar-refractivity contribution in [1.29, 1.82) is 0 Å². The second kappa shape index (κ2) is 5.74. The summed E-state index contributed by atoms with van der Waals surface area (Å²) in [7, 11) is -3.10. The lowest BCUT2D eigenvalue weighted by atomic mass is 10.2. The van der Waals surface area contributed by atoms with Gasteiger partial charge in [0.2, 0.25) is 5.91 Å². The van der Waals surface area contributed by atoms with E-state index in [9.17, 15) is 13.2 Å². The van der Waals surface area contributed by atoms with Gasteiger partial charge in [-0.15, -0.1) is 0 Å². The van der Waals surface area contributed by atoms with Crippen LogP contribution in [0.5, 0.6) is 0 Å². The number of nitrogens with zero attached hydrogens (tertiary/aromatic N) is 1. The molecule has 6 nitrogen and oxygen atoms in total. The van der Waals surface area contributed by atoms with Gasteiger partial charge in [-0.05, 0) is 18.6 Å². The lowest BCUT2D eigenvalue weighted by Crippen LogP contribution is -2.37. The number of pyridine rings is 1. The molecule has 3 N–H and O–H groups in total. The number of amides is 1. The highest BCUT2D eigenvalue weighted by Crippen LogP contribution is 2.04. The molecular weight excluding hydrogens is 242 g/mol. The van der Waals surface area contributed by atoms with Crippen molar-refractivity contribution in [3.63, 3.8) is 0 Å². The van der Waals surface area contributed by atoms with E-state index in [0.29, 0.717) is 5.69 Å². The molecule has 1 aromatic heterocycles. The van der Waals surface area contributed by atoms with Crippen LogP contribution in [0.25, 0.3) is 0 Å². The Morgan fingerprint density at radius 2 is 2.29 bits per heavy atom. The molecule has 0 saturated heterocycles. The number of carbonyl (C=O) groups excluding carboxylic acids is 1. The third-order valence-electron chi connectivity index (χ3n) is 2.07. The molecule has 94 valence electrons. The van der Waals surface area contributed by atoms with E-state index < -0.39 is 21.8 Å². The van der Waals surface area contributed by atoms with Gasteiger partial charge in [-0.2, -0.15) is 0 Å². The molecule has 0 aliphatic carbocycles. The Morgan fingerprint density at radius 1 is 1.59 bits per heavy atom. The molecule has 0 fully saturated rings. The fourth-order valence-electron chi connectivity index (χ4n) is 1.14. The van der Waals surface area contributed by atoms with Crippen LogP contribution < -0.4 is 11.1 Å². The average molecular weight is 257 g/mol. The lowest BCUT2D eigenvalue weighted by molar-refractivity contribution is -0.117. The molecule has 1 amide bonds. The van der Waals surface area contributed by atoms with Gasteiger partial charge < -0.3 is 11.1 Å². The first-order valence-electron chi connectivity index (χ1n) is 5.03. The molecule has 0 aromatic carbocycles. The molecule has 1 rings (SSSR count). The first kappa shape index (κ1) is 13.6. The van der Waals surface area contributed by atoms with E-state index in [-0.39, 0.29) is 12.2 Å². The summed E-state index contributed by atoms with van der Waals surface area (Å²) in [6, 6.07) is 2.51. The third kappa shape index (κ3) is 5.41. The highest BCUT2D eigenvalue weighted by atomic mass is 32.2. The minimum Gasteiger partial charge on any atom is -0.323 e. The van der Waals surface area contributed by atoms with Crippen LogP contribution in [0.1, 0.15) is 6.42 Å². The van der Waals surface area contributed by atoms with Crippen molar-refractivity contribution in [3.05, 3.63) is 24.5 Å². The van der Waals surface area contributed by atoms with Gasteiger partial charge in [0.25, 0.3) is 0 Å². The molecule has 0 aliphatic rings. The van der Waals surface area contributed by atoms with Gasteiger partial charge in [0.1, 0.15) is 9.84 Å². The zero-order chi connectivity index (χ0) is 12.9. The van der Waals surface area contributed by atoms with Gasteiger partial charge in [-0.3, -0.25) is 9.78 Å². The monoisotopic (exact) mass is 257 g/mol. The predicted octanol–water partition coefficient (Wildman–Crippen LogP) is -0.218. The zero-order valence-electron chi connectivity index (χ0n) is 9.46. The zero-order valence-corrected chi connectivity index (χ0v) is 10.3. The first-order valence-corrected chi connectivity index (χ1v) is 7.09. The lowest BCUT2D eigenvalue weighted by Gasteiger charge is -2.11. The molecule has 0 bridgehead atoms. The van der Waals surface area contributed by atoms with E-state index in [2.05, 4.69) is 10.3 Å². The molecule has 1 aromatic rings. The summed E-state index contributed by atoms with van der Waals surface area (Å²) in [6.45, 7) is 0. The number of nitrogens with two attached hydrogens (primary N) is 1. The van der Waals surface area contributed by atoms with Gasteiger partial charge >= 0.3 is 0 Å². The maximum atomic E-state index is 11.6. The summed E-state index contributed by atoms with van der Waals surface area (Å²) in [5.74, 6) is -0.518. The van der Waals surface area contributed by atoms with Crippen LogP contribution in [0.15, 0.2) is 24.5 Å². The second-order valence-electron chi connectivity index (χ2n) is 3.76. The Kier molecular flexibility index (Phi) is 4.59. The van der Waals surface area contributed by atoms with Crippen molar-refractivity contribution in [2.75, 3.05) is 17.3 Å². The van der Waals surface area contributed by atoms with Gasteiger partial charge in [0.05, 0.1) is 23.7 Å². The standard InChI is InChI=1S/C10H15N3O3S/c1-17(15,16)6-4-9(11)10(14)13-8-3-2-5-12-7-8/h2-3,5,7,9H,4,6,11H2,1H3,(H,13,14). The average Bonchev–Trinajstić information content (AvgIpc) is 2.26. The third-order valence-corrected chi connectivity index (χ3v) is 3.04. The molecule has 0 saturated carbocycles. The van der Waals surface area contributed by atoms with E-state index >= 15 is 0 Å². The van der Waals surface area contributed by atoms with Crippen molar-refractivity contribution in [1.82, 2.24) is 4.98 Å². The van der Waals surface area contributed by atoms with Crippen molar-refractivity contribution in [3.8, 4) is 0 Å². The number of rotatable bonds is 5. The van der Waals surface area contributed by atoms with Crippen LogP contribution in [-0.2, 0) is 14.6 Å². The van der Waals surface area contributed by atoms with Gasteiger partial charge in [0, 0.05) is 12.5 Å². The largest absolute Gasteiger partial charge is 0.323 e. The molecular formula is C10H15N3O3S. The van der Waals surface area contributed by atoms with Crippen LogP contribution in [0.2, 0.25) is 0 Å². The quantitative estimate of drug-likeness (QED) is 0.759. The predicted molar refractivity (Wildman–Crippen MR) is 65.2 cm³/mol. The number of anilines is 1. The van der Waals surface area contributed by atoms with Crippen molar-refractivity contribution in [2.45, 2.75) is 12.5 Å². The SMILES string of the molecule is CS(=O)(=O)CCC(N)C(=O)Nc1cccnc1. The highest BCUT2D eigenvalue weighted by Gasteiger charge is 2.15. The fraction of sp³-hybridized carbons (Fsp3) is 0.400. The Labute approximate surface area is 100 Å². The summed E-state index contributed by atoms with van der Waals surface area (Å²) < 4.78 is 21.8. The Morgan fingerprint density at radius 3 is 2.82 bits per heavy atom. The van der Waals surface area contributed by atoms with Crippen molar-refractivity contribution < 1.29 is 13.2 Å². The van der Waals surface area contributed by atoms with Gasteiger partial charge in [-0.1, -0.05) is 0 Å². The van der Waals surface area contributed by atoms with Crippen LogP contribution in [-0.4, -0.2) is 37.4 Å². The van der Waals surface area contributed by atoms with Gasteiger partial charge in [-0.25, -0.2) is 8.42 Å². The van der Waals surface area contributed by atoms with E-state index in [1.807, 2.05) is 0 Å². The topological polar surface area (TPSA) is 102 Å². The summed E-state index contributed by atoms with van der Waals surface area (Å²) >= 11 is 0. The van der Waals surface area contributed by atoms with Gasteiger partial charge in [0.15, 0.2) is 0 Å². The maximum Gasteiger partial charge on any atom is 0.241 e. The van der Waals surface area contributed by atoms with Crippen molar-refractivity contribution in [2.24, 2.45) is 5.73 Å². The minimum absolute atomic E-state index is 0.102. The van der Waals surface area contributed by atoms with E-state index in [0.717, 1.165) is 6.26 Å². The summed E-state index contributed by atoms with van der Waals surface area (Å²) in [5.41, 5.74) is 6.11. The fourth-order valence-corrected chi connectivity index (χ4v) is 1.83. The molecule has 0 spiro atoms. The number of sulfone groups is 1. The molecule has 7 heteroatoms. The number of nitrogens with one attached hydrogen (secondary N) is 1. The van der Waals surface area contributed by atoms with Crippen molar-refractivity contribution >= 4 is 21.4 Å². The molecule has 1 heterocycles. The van der Waals surface area contributed by atoms with E-state index in [1.54, 1.807) is 18.3 Å². The molecule has 17 heavy (non-hydrogen) atoms. The molecule has 0 aliphatic heterocycles. The van der Waals surface area contributed by atoms with Crippen LogP contribution >= 0.6 is 0 Å². The Hall–Kier alpha value is -1.47. The normalized spacial score (nSPS) is 13.1. The van der Waals surface area contributed by atoms with Crippen LogP contribution in [0, 0.1) is 0 Å². The smallest absolute Gasteiger partial charge is 0.241 e. The maximum absolute atomic E-state index is 11.6. The van der Waals surface area contributed by atoms with E-state index in [4.69, 9.17) is 5.73 Å². The molecule has 1 unspecified atom stereocenters. The molecule has 1 atom stereocenters. The molecule has 0 radical (unpaired) electrons. The highest BCUT2D eigenvalue weighted by molar-refractivity contribution is 7.90. The summed E-state index contributed by atoms with van der Waals surface area (Å²) in [5, 5.41) is 2.56. The number of carbonyl (C=O) groups is 1. The Balaban J connectivity index is 2.48. The van der Waals surface area contributed by atoms with E-state index in [1.165, 1.54) is 6.20 Å². The van der Waals surface area contributed by atoms with Crippen LogP contribution in [0.4, 0.5) is 5.69 Å². The number of hydrogen-bond acceptors (Lipinski definition) is 5. The Bertz CT molecular complexity index is 473. The minimum atomic E-state index is -3.10.